The Bertz CT molecular complexity index is 102. The minimum absolute atomic E-state index is 0.760. The summed E-state index contributed by atoms with van der Waals surface area (Å²) < 4.78 is 0. The molecule has 0 spiro atoms. The summed E-state index contributed by atoms with van der Waals surface area (Å²) in [6, 6.07) is 0.760. The van der Waals surface area contributed by atoms with Gasteiger partial charge in [-0.25, -0.2) is 0 Å². The highest BCUT2D eigenvalue weighted by molar-refractivity contribution is 4.80. The van der Waals surface area contributed by atoms with Crippen LogP contribution < -0.4 is 10.6 Å². The molecule has 0 bridgehead atoms. The molecule has 2 nitrogen and oxygen atoms in total. The van der Waals surface area contributed by atoms with Crippen molar-refractivity contribution in [1.82, 2.24) is 10.6 Å². The zero-order valence-electron chi connectivity index (χ0n) is 7.69. The van der Waals surface area contributed by atoms with Crippen LogP contribution in [0, 0.1) is 5.92 Å². The van der Waals surface area contributed by atoms with E-state index in [2.05, 4.69) is 17.7 Å². The Morgan fingerprint density at radius 1 is 1.18 bits per heavy atom. The smallest absolute Gasteiger partial charge is 0.0104 e. The molecular weight excluding hydrogens is 136 g/mol. The summed E-state index contributed by atoms with van der Waals surface area (Å²) in [7, 11) is 4.12. The normalized spacial score (nSPS) is 32.2. The van der Waals surface area contributed by atoms with Crippen molar-refractivity contribution < 1.29 is 0 Å². The third-order valence-corrected chi connectivity index (χ3v) is 2.75. The predicted octanol–water partition coefficient (Wildman–Crippen LogP) is 0.984. The molecular formula is C9H20N2. The van der Waals surface area contributed by atoms with Gasteiger partial charge in [-0.2, -0.15) is 0 Å². The van der Waals surface area contributed by atoms with Crippen LogP contribution in [-0.2, 0) is 0 Å². The maximum atomic E-state index is 3.40. The van der Waals surface area contributed by atoms with Crippen molar-refractivity contribution in [2.75, 3.05) is 20.6 Å². The van der Waals surface area contributed by atoms with E-state index in [1.807, 2.05) is 7.05 Å². The molecule has 0 heterocycles. The van der Waals surface area contributed by atoms with Crippen molar-refractivity contribution in [1.29, 1.82) is 0 Å². The fraction of sp³-hybridized carbons (Fsp3) is 1.00. The van der Waals surface area contributed by atoms with Crippen LogP contribution in [0.3, 0.4) is 0 Å². The molecule has 0 radical (unpaired) electrons. The molecule has 66 valence electrons. The van der Waals surface area contributed by atoms with Gasteiger partial charge in [-0.15, -0.1) is 0 Å². The molecule has 0 unspecified atom stereocenters. The van der Waals surface area contributed by atoms with Gasteiger partial charge >= 0.3 is 0 Å². The van der Waals surface area contributed by atoms with E-state index in [0.29, 0.717) is 0 Å². The first kappa shape index (κ1) is 9.01. The highest BCUT2D eigenvalue weighted by Crippen LogP contribution is 2.23. The summed E-state index contributed by atoms with van der Waals surface area (Å²) >= 11 is 0. The average molecular weight is 156 g/mol. The molecule has 0 aromatic carbocycles. The first-order valence-electron chi connectivity index (χ1n) is 4.70. The zero-order chi connectivity index (χ0) is 8.10. The molecule has 1 aliphatic rings. The monoisotopic (exact) mass is 156 g/mol. The Morgan fingerprint density at radius 2 is 1.91 bits per heavy atom. The van der Waals surface area contributed by atoms with Gasteiger partial charge in [-0.05, 0) is 39.4 Å². The lowest BCUT2D eigenvalue weighted by Crippen LogP contribution is -2.40. The van der Waals surface area contributed by atoms with Crippen molar-refractivity contribution in [2.24, 2.45) is 5.92 Å². The molecule has 1 saturated carbocycles. The van der Waals surface area contributed by atoms with Crippen molar-refractivity contribution >= 4 is 0 Å². The lowest BCUT2D eigenvalue weighted by atomic mass is 9.84. The topological polar surface area (TPSA) is 24.1 Å². The second kappa shape index (κ2) is 4.73. The summed E-state index contributed by atoms with van der Waals surface area (Å²) in [5.74, 6) is 0.860. The van der Waals surface area contributed by atoms with Gasteiger partial charge in [0, 0.05) is 6.04 Å². The van der Waals surface area contributed by atoms with Gasteiger partial charge in [0.1, 0.15) is 0 Å². The van der Waals surface area contributed by atoms with Crippen LogP contribution in [0.4, 0.5) is 0 Å². The molecule has 0 aliphatic heterocycles. The first-order chi connectivity index (χ1) is 5.38. The molecule has 0 aromatic heterocycles. The van der Waals surface area contributed by atoms with Gasteiger partial charge < -0.3 is 10.6 Å². The lowest BCUT2D eigenvalue weighted by Gasteiger charge is -2.31. The molecule has 2 atom stereocenters. The maximum Gasteiger partial charge on any atom is 0.0104 e. The third kappa shape index (κ3) is 2.46. The van der Waals surface area contributed by atoms with Crippen LogP contribution in [0.2, 0.25) is 0 Å². The van der Waals surface area contributed by atoms with E-state index >= 15 is 0 Å². The quantitative estimate of drug-likeness (QED) is 0.636. The van der Waals surface area contributed by atoms with Gasteiger partial charge in [0.15, 0.2) is 0 Å². The standard InChI is InChI=1S/C9H20N2/c1-10-7-8-5-3-4-6-9(8)11-2/h8-11H,3-7H2,1-2H3/t8-,9-/m1/s1. The van der Waals surface area contributed by atoms with E-state index < -0.39 is 0 Å². The Balaban J connectivity index is 2.31. The van der Waals surface area contributed by atoms with E-state index in [1.54, 1.807) is 0 Å². The van der Waals surface area contributed by atoms with E-state index in [9.17, 15) is 0 Å². The highest BCUT2D eigenvalue weighted by Gasteiger charge is 2.22. The van der Waals surface area contributed by atoms with Crippen molar-refractivity contribution in [3.05, 3.63) is 0 Å². The summed E-state index contributed by atoms with van der Waals surface area (Å²) in [5.41, 5.74) is 0. The zero-order valence-corrected chi connectivity index (χ0v) is 7.69. The van der Waals surface area contributed by atoms with Crippen LogP contribution in [0.5, 0.6) is 0 Å². The first-order valence-corrected chi connectivity index (χ1v) is 4.70. The Kier molecular flexibility index (Phi) is 3.87. The summed E-state index contributed by atoms with van der Waals surface area (Å²) in [6.45, 7) is 1.17. The Labute approximate surface area is 69.8 Å². The van der Waals surface area contributed by atoms with Crippen molar-refractivity contribution in [2.45, 2.75) is 31.7 Å². The van der Waals surface area contributed by atoms with E-state index in [1.165, 1.54) is 32.2 Å². The fourth-order valence-electron chi connectivity index (χ4n) is 2.09. The van der Waals surface area contributed by atoms with Crippen LogP contribution in [0.25, 0.3) is 0 Å². The second-order valence-electron chi connectivity index (χ2n) is 3.50. The molecule has 1 rings (SSSR count). The summed E-state index contributed by atoms with van der Waals surface area (Å²) in [5, 5.41) is 6.66. The molecule has 2 heteroatoms. The SMILES string of the molecule is CNC[C@H]1CCCC[C@H]1NC. The van der Waals surface area contributed by atoms with Gasteiger partial charge in [0.05, 0.1) is 0 Å². The minimum Gasteiger partial charge on any atom is -0.319 e. The van der Waals surface area contributed by atoms with Crippen LogP contribution in [-0.4, -0.2) is 26.7 Å². The molecule has 0 saturated heterocycles. The van der Waals surface area contributed by atoms with Crippen molar-refractivity contribution in [3.63, 3.8) is 0 Å². The molecule has 1 fully saturated rings. The van der Waals surface area contributed by atoms with Gasteiger partial charge in [0.2, 0.25) is 0 Å². The van der Waals surface area contributed by atoms with E-state index in [4.69, 9.17) is 0 Å². The minimum atomic E-state index is 0.760. The largest absolute Gasteiger partial charge is 0.319 e. The van der Waals surface area contributed by atoms with E-state index in [-0.39, 0.29) is 0 Å². The number of rotatable bonds is 3. The third-order valence-electron chi connectivity index (χ3n) is 2.75. The number of hydrogen-bond donors (Lipinski definition) is 2. The average Bonchev–Trinajstić information content (AvgIpc) is 2.06. The van der Waals surface area contributed by atoms with Crippen LogP contribution >= 0.6 is 0 Å². The predicted molar refractivity (Wildman–Crippen MR) is 48.7 cm³/mol. The van der Waals surface area contributed by atoms with Gasteiger partial charge in [-0.1, -0.05) is 12.8 Å². The Morgan fingerprint density at radius 3 is 2.55 bits per heavy atom. The maximum absolute atomic E-state index is 3.40. The molecule has 0 amide bonds. The highest BCUT2D eigenvalue weighted by atomic mass is 14.9. The molecule has 0 aromatic rings. The van der Waals surface area contributed by atoms with Gasteiger partial charge in [-0.3, -0.25) is 0 Å². The molecule has 11 heavy (non-hydrogen) atoms. The summed E-state index contributed by atoms with van der Waals surface area (Å²) in [4.78, 5) is 0. The Hall–Kier alpha value is -0.0800. The van der Waals surface area contributed by atoms with E-state index in [0.717, 1.165) is 12.0 Å². The molecule has 1 aliphatic carbocycles. The number of hydrogen-bond acceptors (Lipinski definition) is 2. The fourth-order valence-corrected chi connectivity index (χ4v) is 2.09. The van der Waals surface area contributed by atoms with Gasteiger partial charge in [0.25, 0.3) is 0 Å². The summed E-state index contributed by atoms with van der Waals surface area (Å²) in [6.07, 6.45) is 5.59. The second-order valence-corrected chi connectivity index (χ2v) is 3.50. The lowest BCUT2D eigenvalue weighted by molar-refractivity contribution is 0.270. The van der Waals surface area contributed by atoms with Crippen molar-refractivity contribution in [3.8, 4) is 0 Å². The number of nitrogens with one attached hydrogen (secondary N) is 2. The van der Waals surface area contributed by atoms with Crippen LogP contribution in [0.15, 0.2) is 0 Å². The van der Waals surface area contributed by atoms with Crippen LogP contribution in [0.1, 0.15) is 25.7 Å². The molecule has 2 N–H and O–H groups in total.